The number of rotatable bonds is 4. The first-order chi connectivity index (χ1) is 16.0. The third kappa shape index (κ3) is 3.98. The molecule has 1 fully saturated rings. The Balaban J connectivity index is 1.27. The molecule has 2 amide bonds. The maximum atomic E-state index is 15.2. The predicted octanol–water partition coefficient (Wildman–Crippen LogP) is 3.05. The number of carbonyl (C=O) groups excluding carboxylic acids is 2. The zero-order chi connectivity index (χ0) is 23.0. The highest BCUT2D eigenvalue weighted by Crippen LogP contribution is 2.43. The van der Waals surface area contributed by atoms with Crippen molar-refractivity contribution in [2.75, 3.05) is 25.5 Å². The molecule has 2 aliphatic heterocycles. The van der Waals surface area contributed by atoms with Crippen LogP contribution >= 0.6 is 0 Å². The van der Waals surface area contributed by atoms with Gasteiger partial charge in [-0.25, -0.2) is 4.39 Å². The van der Waals surface area contributed by atoms with Gasteiger partial charge in [-0.3, -0.25) is 19.4 Å². The normalized spacial score (nSPS) is 19.5. The maximum absolute atomic E-state index is 15.2. The molecular formula is C24H25FN4O4. The molecule has 0 radical (unpaired) electrons. The number of benzene rings is 1. The minimum absolute atomic E-state index is 0.102. The lowest BCUT2D eigenvalue weighted by Gasteiger charge is -2.35. The molecule has 2 N–H and O–H groups in total. The van der Waals surface area contributed by atoms with Crippen molar-refractivity contribution in [3.63, 3.8) is 0 Å². The van der Waals surface area contributed by atoms with Gasteiger partial charge in [-0.1, -0.05) is 18.2 Å². The van der Waals surface area contributed by atoms with E-state index in [0.29, 0.717) is 43.0 Å². The molecule has 3 heterocycles. The molecule has 172 valence electrons. The third-order valence-corrected chi connectivity index (χ3v) is 6.44. The molecule has 0 saturated heterocycles. The number of carbonyl (C=O) groups is 2. The molecule has 5 rings (SSSR count). The number of anilines is 1. The monoisotopic (exact) mass is 452 g/mol. The molecule has 1 aliphatic carbocycles. The van der Waals surface area contributed by atoms with Crippen LogP contribution in [0.2, 0.25) is 0 Å². The fraction of sp³-hybridized carbons (Fsp3) is 0.375. The van der Waals surface area contributed by atoms with Crippen molar-refractivity contribution in [2.45, 2.75) is 37.8 Å². The van der Waals surface area contributed by atoms with Crippen LogP contribution in [0.4, 0.5) is 10.1 Å². The van der Waals surface area contributed by atoms with Crippen LogP contribution < -0.4 is 15.4 Å². The van der Waals surface area contributed by atoms with Gasteiger partial charge in [-0.15, -0.1) is 0 Å². The van der Waals surface area contributed by atoms with E-state index < -0.39 is 11.4 Å². The van der Waals surface area contributed by atoms with Gasteiger partial charge < -0.3 is 15.4 Å². The Morgan fingerprint density at radius 2 is 2.09 bits per heavy atom. The Morgan fingerprint density at radius 1 is 1.27 bits per heavy atom. The highest BCUT2D eigenvalue weighted by molar-refractivity contribution is 6.01. The lowest BCUT2D eigenvalue weighted by molar-refractivity contribution is -0.151. The first kappa shape index (κ1) is 21.5. The standard InChI is InChI=1S/C24H25FN4O4/c1-26-22(30)18-6-4-15(12-27-18)17-8-11-29(32-14-17)13-16-5-7-19-21(20(16)25)28-23(31)24(33-19)9-2-3-10-24/h4-8,12H,2-3,9-11,13-14H2,1H3,(H,26,30)(H,28,31). The van der Waals surface area contributed by atoms with Crippen LogP contribution in [-0.2, 0) is 16.2 Å². The van der Waals surface area contributed by atoms with Gasteiger partial charge >= 0.3 is 0 Å². The van der Waals surface area contributed by atoms with Crippen molar-refractivity contribution in [1.29, 1.82) is 0 Å². The number of nitrogens with one attached hydrogen (secondary N) is 2. The number of hydroxylamine groups is 2. The van der Waals surface area contributed by atoms with Gasteiger partial charge in [0.15, 0.2) is 11.4 Å². The van der Waals surface area contributed by atoms with Crippen LogP contribution in [-0.4, -0.2) is 47.7 Å². The van der Waals surface area contributed by atoms with Gasteiger partial charge in [0.25, 0.3) is 11.8 Å². The zero-order valence-corrected chi connectivity index (χ0v) is 18.3. The predicted molar refractivity (Wildman–Crippen MR) is 119 cm³/mol. The van der Waals surface area contributed by atoms with E-state index in [9.17, 15) is 9.59 Å². The number of aromatic nitrogens is 1. The summed E-state index contributed by atoms with van der Waals surface area (Å²) in [6, 6.07) is 6.89. The summed E-state index contributed by atoms with van der Waals surface area (Å²) in [5, 5.41) is 6.93. The average Bonchev–Trinajstić information content (AvgIpc) is 3.32. The highest BCUT2D eigenvalue weighted by Gasteiger charge is 2.47. The summed E-state index contributed by atoms with van der Waals surface area (Å²) < 4.78 is 21.2. The summed E-state index contributed by atoms with van der Waals surface area (Å²) in [6.07, 6.45) is 6.80. The maximum Gasteiger partial charge on any atom is 0.269 e. The van der Waals surface area contributed by atoms with Crippen molar-refractivity contribution in [2.24, 2.45) is 0 Å². The molecule has 1 aromatic carbocycles. The summed E-state index contributed by atoms with van der Waals surface area (Å²) in [5.74, 6) is -0.622. The number of hydrogen-bond donors (Lipinski definition) is 2. The van der Waals surface area contributed by atoms with Gasteiger partial charge in [0, 0.05) is 25.4 Å². The van der Waals surface area contributed by atoms with E-state index in [2.05, 4.69) is 15.6 Å². The highest BCUT2D eigenvalue weighted by atomic mass is 19.1. The van der Waals surface area contributed by atoms with Crippen LogP contribution in [0.5, 0.6) is 5.75 Å². The van der Waals surface area contributed by atoms with Crippen molar-refractivity contribution >= 4 is 23.1 Å². The van der Waals surface area contributed by atoms with Crippen LogP contribution in [0.25, 0.3) is 5.57 Å². The number of ether oxygens (including phenoxy) is 1. The fourth-order valence-electron chi connectivity index (χ4n) is 4.52. The van der Waals surface area contributed by atoms with Crippen molar-refractivity contribution in [1.82, 2.24) is 15.4 Å². The van der Waals surface area contributed by atoms with E-state index in [4.69, 9.17) is 9.57 Å². The molecule has 0 bridgehead atoms. The summed E-state index contributed by atoms with van der Waals surface area (Å²) >= 11 is 0. The van der Waals surface area contributed by atoms with E-state index in [1.54, 1.807) is 36.5 Å². The topological polar surface area (TPSA) is 92.8 Å². The van der Waals surface area contributed by atoms with E-state index in [1.807, 2.05) is 12.1 Å². The molecule has 1 spiro atoms. The average molecular weight is 452 g/mol. The first-order valence-electron chi connectivity index (χ1n) is 11.1. The third-order valence-electron chi connectivity index (χ3n) is 6.44. The second-order valence-electron chi connectivity index (χ2n) is 8.51. The molecular weight excluding hydrogens is 427 g/mol. The van der Waals surface area contributed by atoms with Crippen LogP contribution in [0.15, 0.2) is 36.5 Å². The van der Waals surface area contributed by atoms with Gasteiger partial charge in [-0.2, -0.15) is 5.06 Å². The number of nitrogens with zero attached hydrogens (tertiary/aromatic N) is 2. The molecule has 0 unspecified atom stereocenters. The summed E-state index contributed by atoms with van der Waals surface area (Å²) in [7, 11) is 1.56. The minimum Gasteiger partial charge on any atom is -0.475 e. The van der Waals surface area contributed by atoms with Crippen LogP contribution in [0.1, 0.15) is 47.3 Å². The second-order valence-corrected chi connectivity index (χ2v) is 8.51. The molecule has 1 saturated carbocycles. The molecule has 2 aromatic rings. The number of fused-ring (bicyclic) bond motifs is 1. The van der Waals surface area contributed by atoms with Crippen molar-refractivity contribution in [3.05, 3.63) is 59.2 Å². The van der Waals surface area contributed by atoms with Crippen LogP contribution in [0, 0.1) is 5.82 Å². The molecule has 3 aliphatic rings. The van der Waals surface area contributed by atoms with E-state index >= 15 is 4.39 Å². The quantitative estimate of drug-likeness (QED) is 0.741. The fourth-order valence-corrected chi connectivity index (χ4v) is 4.52. The summed E-state index contributed by atoms with van der Waals surface area (Å²) in [4.78, 5) is 34.2. The largest absolute Gasteiger partial charge is 0.475 e. The van der Waals surface area contributed by atoms with Crippen molar-refractivity contribution in [3.8, 4) is 5.75 Å². The number of amides is 2. The zero-order valence-electron chi connectivity index (χ0n) is 18.3. The molecule has 9 heteroatoms. The van der Waals surface area contributed by atoms with Crippen LogP contribution in [0.3, 0.4) is 0 Å². The number of hydrogen-bond acceptors (Lipinski definition) is 6. The van der Waals surface area contributed by atoms with Gasteiger partial charge in [-0.05, 0) is 49.0 Å². The SMILES string of the molecule is CNC(=O)c1ccc(C2=CCN(Cc3ccc4c(c3F)NC(=O)C3(CCCC3)O4)OC2)cn1. The van der Waals surface area contributed by atoms with Crippen molar-refractivity contribution < 1.29 is 23.6 Å². The van der Waals surface area contributed by atoms with Gasteiger partial charge in [0.2, 0.25) is 0 Å². The molecule has 0 atom stereocenters. The van der Waals surface area contributed by atoms with E-state index in [-0.39, 0.29) is 24.0 Å². The number of pyridine rings is 1. The first-order valence-corrected chi connectivity index (χ1v) is 11.1. The molecule has 33 heavy (non-hydrogen) atoms. The Bertz CT molecular complexity index is 1130. The Labute approximate surface area is 190 Å². The van der Waals surface area contributed by atoms with E-state index in [0.717, 1.165) is 24.0 Å². The Hall–Kier alpha value is -3.30. The smallest absolute Gasteiger partial charge is 0.269 e. The lowest BCUT2D eigenvalue weighted by atomic mass is 9.98. The van der Waals surface area contributed by atoms with Gasteiger partial charge in [0.1, 0.15) is 17.1 Å². The summed E-state index contributed by atoms with van der Waals surface area (Å²) in [5.41, 5.74) is 1.81. The Kier molecular flexibility index (Phi) is 5.59. The second kappa shape index (κ2) is 8.57. The Morgan fingerprint density at radius 3 is 2.76 bits per heavy atom. The van der Waals surface area contributed by atoms with E-state index in [1.165, 1.54) is 0 Å². The minimum atomic E-state index is -0.856. The summed E-state index contributed by atoms with van der Waals surface area (Å²) in [6.45, 7) is 0.975. The molecule has 1 aromatic heterocycles. The number of halogens is 1. The molecule has 8 nitrogen and oxygen atoms in total. The van der Waals surface area contributed by atoms with Gasteiger partial charge in [0.05, 0.1) is 13.2 Å². The lowest BCUT2D eigenvalue weighted by Crippen LogP contribution is -2.49.